The molecule has 0 fully saturated rings. The lowest BCUT2D eigenvalue weighted by molar-refractivity contribution is -0.118. The van der Waals surface area contributed by atoms with Crippen molar-refractivity contribution in [2.24, 2.45) is 0 Å². The Morgan fingerprint density at radius 1 is 0.571 bits per heavy atom. The molecule has 0 aromatic carbocycles. The van der Waals surface area contributed by atoms with Crippen LogP contribution in [-0.2, 0) is 18.1 Å². The molecule has 0 heterocycles. The first kappa shape index (κ1) is 27.8. The molecular weight excluding hydrogens is 368 g/mol. The van der Waals surface area contributed by atoms with Crippen molar-refractivity contribution in [1.82, 2.24) is 0 Å². The van der Waals surface area contributed by atoms with Crippen LogP contribution in [0.25, 0.3) is 0 Å². The fourth-order valence-corrected chi connectivity index (χ4v) is 6.14. The molecule has 0 aromatic heterocycles. The predicted octanol–water partition coefficient (Wildman–Crippen LogP) is 7.09. The van der Waals surface area contributed by atoms with E-state index in [1.165, 1.54) is 70.6 Å². The van der Waals surface area contributed by atoms with Gasteiger partial charge in [-0.15, -0.1) is 0 Å². The minimum absolute atomic E-state index is 0.227. The van der Waals surface area contributed by atoms with Crippen molar-refractivity contribution < 1.29 is 18.1 Å². The minimum atomic E-state index is -2.81. The molecule has 0 N–H and O–H groups in total. The van der Waals surface area contributed by atoms with Crippen molar-refractivity contribution in [2.75, 3.05) is 19.8 Å². The maximum absolute atomic E-state index is 12.4. The third kappa shape index (κ3) is 15.7. The van der Waals surface area contributed by atoms with E-state index in [-0.39, 0.29) is 5.78 Å². The van der Waals surface area contributed by atoms with Gasteiger partial charge in [-0.3, -0.25) is 4.79 Å². The third-order valence-corrected chi connectivity index (χ3v) is 8.08. The number of carbonyl (C=O) groups is 1. The van der Waals surface area contributed by atoms with Crippen LogP contribution in [0.3, 0.4) is 0 Å². The summed E-state index contributed by atoms with van der Waals surface area (Å²) in [5.74, 6) is 0.227. The number of carbonyl (C=O) groups excluding carboxylic acids is 1. The zero-order chi connectivity index (χ0) is 20.9. The topological polar surface area (TPSA) is 44.8 Å². The standard InChI is InChI=1S/C23H48O4Si/c1-5-9-10-11-12-13-14-15-16-17-18-19-20-21-23(24)22-28(25-6-2,26-7-3)27-8-4/h5-22H2,1-4H3. The van der Waals surface area contributed by atoms with Crippen molar-refractivity contribution in [2.45, 2.75) is 124 Å². The van der Waals surface area contributed by atoms with Gasteiger partial charge < -0.3 is 13.3 Å². The highest BCUT2D eigenvalue weighted by Crippen LogP contribution is 2.19. The predicted molar refractivity (Wildman–Crippen MR) is 121 cm³/mol. The van der Waals surface area contributed by atoms with E-state index in [4.69, 9.17) is 13.3 Å². The third-order valence-electron chi connectivity index (χ3n) is 5.07. The molecule has 0 radical (unpaired) electrons. The Bertz CT molecular complexity index is 332. The summed E-state index contributed by atoms with van der Waals surface area (Å²) in [4.78, 5) is 12.4. The van der Waals surface area contributed by atoms with Crippen LogP contribution >= 0.6 is 0 Å². The van der Waals surface area contributed by atoms with E-state index in [9.17, 15) is 4.79 Å². The smallest absolute Gasteiger partial charge is 0.373 e. The SMILES string of the molecule is CCCCCCCCCCCCCCCC(=O)C[Si](OCC)(OCC)OCC. The number of hydrogen-bond donors (Lipinski definition) is 0. The molecule has 0 aliphatic carbocycles. The van der Waals surface area contributed by atoms with Gasteiger partial charge in [-0.05, 0) is 27.2 Å². The molecule has 168 valence electrons. The average molecular weight is 417 g/mol. The second-order valence-electron chi connectivity index (χ2n) is 7.69. The molecule has 0 aliphatic heterocycles. The molecule has 0 atom stereocenters. The van der Waals surface area contributed by atoms with Gasteiger partial charge in [0.1, 0.15) is 5.78 Å². The van der Waals surface area contributed by atoms with Crippen LogP contribution in [-0.4, -0.2) is 34.4 Å². The number of ketones is 1. The Hall–Kier alpha value is -0.233. The van der Waals surface area contributed by atoms with Crippen molar-refractivity contribution in [3.63, 3.8) is 0 Å². The molecular formula is C23H48O4Si. The number of hydrogen-bond acceptors (Lipinski definition) is 4. The van der Waals surface area contributed by atoms with Crippen LogP contribution in [0.4, 0.5) is 0 Å². The first-order valence-electron chi connectivity index (χ1n) is 12.1. The van der Waals surface area contributed by atoms with Gasteiger partial charge in [-0.1, -0.05) is 84.0 Å². The van der Waals surface area contributed by atoms with E-state index in [1.54, 1.807) is 0 Å². The minimum Gasteiger partial charge on any atom is -0.373 e. The molecule has 0 bridgehead atoms. The molecule has 5 heteroatoms. The maximum atomic E-state index is 12.4. The summed E-state index contributed by atoms with van der Waals surface area (Å²) in [6.07, 6.45) is 17.8. The Morgan fingerprint density at radius 3 is 1.29 bits per heavy atom. The van der Waals surface area contributed by atoms with Crippen LogP contribution in [0.5, 0.6) is 0 Å². The Morgan fingerprint density at radius 2 is 0.929 bits per heavy atom. The van der Waals surface area contributed by atoms with Crippen LogP contribution in [0.2, 0.25) is 6.04 Å². The van der Waals surface area contributed by atoms with Crippen molar-refractivity contribution in [3.05, 3.63) is 0 Å². The Balaban J connectivity index is 3.69. The maximum Gasteiger partial charge on any atom is 0.508 e. The molecule has 0 saturated heterocycles. The van der Waals surface area contributed by atoms with Crippen molar-refractivity contribution in [1.29, 1.82) is 0 Å². The van der Waals surface area contributed by atoms with E-state index in [0.717, 1.165) is 12.8 Å². The fourth-order valence-electron chi connectivity index (χ4n) is 3.61. The largest absolute Gasteiger partial charge is 0.508 e. The summed E-state index contributed by atoms with van der Waals surface area (Å²) in [5.41, 5.74) is 0. The molecule has 0 aromatic rings. The number of unbranched alkanes of at least 4 members (excludes halogenated alkanes) is 12. The molecule has 0 rings (SSSR count). The highest BCUT2D eigenvalue weighted by molar-refractivity contribution is 6.64. The van der Waals surface area contributed by atoms with Gasteiger partial charge in [0.05, 0.1) is 6.04 Å². The molecule has 0 amide bonds. The lowest BCUT2D eigenvalue weighted by Crippen LogP contribution is -2.47. The summed E-state index contributed by atoms with van der Waals surface area (Å²) < 4.78 is 17.3. The fraction of sp³-hybridized carbons (Fsp3) is 0.957. The van der Waals surface area contributed by atoms with Gasteiger partial charge in [-0.2, -0.15) is 0 Å². The molecule has 0 unspecified atom stereocenters. The Labute approximate surface area is 176 Å². The zero-order valence-electron chi connectivity index (χ0n) is 19.4. The molecule has 0 spiro atoms. The summed E-state index contributed by atoms with van der Waals surface area (Å²) >= 11 is 0. The van der Waals surface area contributed by atoms with Gasteiger partial charge in [-0.25, -0.2) is 0 Å². The lowest BCUT2D eigenvalue weighted by atomic mass is 10.0. The van der Waals surface area contributed by atoms with E-state index in [2.05, 4.69) is 6.92 Å². The first-order chi connectivity index (χ1) is 13.6. The van der Waals surface area contributed by atoms with Crippen LogP contribution in [0.15, 0.2) is 0 Å². The molecule has 4 nitrogen and oxygen atoms in total. The summed E-state index contributed by atoms with van der Waals surface area (Å²) in [6, 6.07) is 0.320. The summed E-state index contributed by atoms with van der Waals surface area (Å²) in [6.45, 7) is 9.63. The summed E-state index contributed by atoms with van der Waals surface area (Å²) in [7, 11) is -2.81. The zero-order valence-corrected chi connectivity index (χ0v) is 20.4. The van der Waals surface area contributed by atoms with Crippen molar-refractivity contribution >= 4 is 14.6 Å². The molecule has 0 aliphatic rings. The summed E-state index contributed by atoms with van der Waals surface area (Å²) in [5, 5.41) is 0. The van der Waals surface area contributed by atoms with E-state index >= 15 is 0 Å². The van der Waals surface area contributed by atoms with E-state index in [0.29, 0.717) is 32.3 Å². The Kier molecular flexibility index (Phi) is 19.9. The first-order valence-corrected chi connectivity index (χ1v) is 14.0. The second kappa shape index (κ2) is 20.1. The molecule has 0 saturated carbocycles. The monoisotopic (exact) mass is 416 g/mol. The van der Waals surface area contributed by atoms with Gasteiger partial charge in [0.15, 0.2) is 0 Å². The number of Topliss-reactive ketones (excluding diaryl/α,β-unsaturated/α-hetero) is 1. The highest BCUT2D eigenvalue weighted by Gasteiger charge is 2.42. The quantitative estimate of drug-likeness (QED) is 0.140. The van der Waals surface area contributed by atoms with Gasteiger partial charge in [0.25, 0.3) is 0 Å². The highest BCUT2D eigenvalue weighted by atomic mass is 28.4. The number of rotatable bonds is 22. The van der Waals surface area contributed by atoms with Gasteiger partial charge in [0.2, 0.25) is 0 Å². The average Bonchev–Trinajstić information content (AvgIpc) is 2.66. The normalized spacial score (nSPS) is 11.9. The van der Waals surface area contributed by atoms with E-state index in [1.807, 2.05) is 20.8 Å². The van der Waals surface area contributed by atoms with Crippen LogP contribution in [0, 0.1) is 0 Å². The van der Waals surface area contributed by atoms with Crippen LogP contribution < -0.4 is 0 Å². The van der Waals surface area contributed by atoms with E-state index < -0.39 is 8.80 Å². The van der Waals surface area contributed by atoms with Gasteiger partial charge in [0, 0.05) is 26.2 Å². The van der Waals surface area contributed by atoms with Gasteiger partial charge >= 0.3 is 8.80 Å². The van der Waals surface area contributed by atoms with Crippen LogP contribution in [0.1, 0.15) is 118 Å². The molecule has 28 heavy (non-hydrogen) atoms. The van der Waals surface area contributed by atoms with Crippen molar-refractivity contribution in [3.8, 4) is 0 Å². The second-order valence-corrected chi connectivity index (χ2v) is 10.3. The lowest BCUT2D eigenvalue weighted by Gasteiger charge is -2.27.